The molecule has 0 saturated heterocycles. The van der Waals surface area contributed by atoms with Crippen LogP contribution in [0.4, 0.5) is 13.2 Å². The van der Waals surface area contributed by atoms with Crippen molar-refractivity contribution in [3.63, 3.8) is 0 Å². The van der Waals surface area contributed by atoms with Crippen molar-refractivity contribution in [3.8, 4) is 5.75 Å². The minimum Gasteiger partial charge on any atom is -0.489 e. The van der Waals surface area contributed by atoms with Gasteiger partial charge in [0, 0.05) is 10.6 Å². The van der Waals surface area contributed by atoms with Crippen LogP contribution in [0.3, 0.4) is 0 Å². The molecule has 0 heterocycles. The van der Waals surface area contributed by atoms with Gasteiger partial charge in [-0.2, -0.15) is 13.2 Å². The number of ether oxygens (including phenoxy) is 2. The third-order valence-corrected chi connectivity index (χ3v) is 4.08. The first-order valence-electron chi connectivity index (χ1n) is 8.05. The molecule has 1 N–H and O–H groups in total. The first-order valence-corrected chi connectivity index (χ1v) is 8.43. The van der Waals surface area contributed by atoms with Gasteiger partial charge in [-0.25, -0.2) is 0 Å². The van der Waals surface area contributed by atoms with Gasteiger partial charge in [0.05, 0.1) is 13.5 Å². The summed E-state index contributed by atoms with van der Waals surface area (Å²) in [6, 6.07) is 9.25. The summed E-state index contributed by atoms with van der Waals surface area (Å²) in [4.78, 5) is 11.5. The minimum absolute atomic E-state index is 0.0000371. The van der Waals surface area contributed by atoms with E-state index in [-0.39, 0.29) is 23.6 Å². The zero-order valence-electron chi connectivity index (χ0n) is 14.8. The van der Waals surface area contributed by atoms with Gasteiger partial charge in [-0.05, 0) is 36.4 Å². The van der Waals surface area contributed by atoms with Crippen molar-refractivity contribution >= 4 is 17.6 Å². The smallest absolute Gasteiger partial charge is 0.407 e. The van der Waals surface area contributed by atoms with E-state index in [1.54, 1.807) is 24.3 Å². The second kappa shape index (κ2) is 9.10. The highest BCUT2D eigenvalue weighted by Crippen LogP contribution is 2.34. The Bertz CT molecular complexity index is 796. The molecule has 0 aromatic heterocycles. The number of para-hydroxylation sites is 1. The van der Waals surface area contributed by atoms with Gasteiger partial charge in [-0.3, -0.25) is 4.79 Å². The van der Waals surface area contributed by atoms with Crippen molar-refractivity contribution in [2.75, 3.05) is 14.2 Å². The van der Waals surface area contributed by atoms with E-state index in [0.717, 1.165) is 0 Å². The summed E-state index contributed by atoms with van der Waals surface area (Å²) in [5, 5.41) is 2.43. The molecule has 0 saturated carbocycles. The molecular formula is C19H19ClF3NO3. The molecule has 1 unspecified atom stereocenters. The van der Waals surface area contributed by atoms with E-state index in [1.165, 1.54) is 32.4 Å². The van der Waals surface area contributed by atoms with Crippen LogP contribution in [0.1, 0.15) is 22.7 Å². The Kier molecular flexibility index (Phi) is 7.10. The number of esters is 1. The van der Waals surface area contributed by atoms with Gasteiger partial charge < -0.3 is 14.8 Å². The van der Waals surface area contributed by atoms with Gasteiger partial charge in [0.25, 0.3) is 0 Å². The van der Waals surface area contributed by atoms with Crippen LogP contribution < -0.4 is 10.1 Å². The molecule has 146 valence electrons. The van der Waals surface area contributed by atoms with Crippen LogP contribution in [0.15, 0.2) is 42.5 Å². The van der Waals surface area contributed by atoms with Crippen molar-refractivity contribution in [2.24, 2.45) is 0 Å². The Morgan fingerprint density at radius 1 is 1.22 bits per heavy atom. The topological polar surface area (TPSA) is 47.6 Å². The number of nitrogens with one attached hydrogen (secondary N) is 1. The second-order valence-electron chi connectivity index (χ2n) is 5.81. The summed E-state index contributed by atoms with van der Waals surface area (Å²) in [5.74, 6) is 0.0311. The number of alkyl halides is 3. The number of hydrogen-bond acceptors (Lipinski definition) is 4. The predicted octanol–water partition coefficient (Wildman–Crippen LogP) is 4.46. The summed E-state index contributed by atoms with van der Waals surface area (Å²) >= 11 is 5.99. The Labute approximate surface area is 160 Å². The number of methoxy groups -OCH3 is 1. The van der Waals surface area contributed by atoms with E-state index in [9.17, 15) is 18.0 Å². The average Bonchev–Trinajstić information content (AvgIpc) is 2.60. The number of carbonyl (C=O) groups excluding carboxylic acids is 1. The van der Waals surface area contributed by atoms with Gasteiger partial charge in [-0.1, -0.05) is 35.9 Å². The maximum atomic E-state index is 13.1. The molecule has 8 heteroatoms. The van der Waals surface area contributed by atoms with Crippen LogP contribution >= 0.6 is 11.6 Å². The van der Waals surface area contributed by atoms with Crippen LogP contribution in [-0.2, 0) is 22.6 Å². The quantitative estimate of drug-likeness (QED) is 0.696. The first-order chi connectivity index (χ1) is 12.7. The molecule has 0 aliphatic heterocycles. The molecule has 2 aromatic carbocycles. The predicted molar refractivity (Wildman–Crippen MR) is 95.8 cm³/mol. The molecule has 0 spiro atoms. The largest absolute Gasteiger partial charge is 0.489 e. The van der Waals surface area contributed by atoms with Gasteiger partial charge in [0.2, 0.25) is 0 Å². The third kappa shape index (κ3) is 5.87. The molecular weight excluding hydrogens is 383 g/mol. The number of hydrogen-bond donors (Lipinski definition) is 1. The molecule has 0 fully saturated rings. The zero-order chi connectivity index (χ0) is 20.0. The first kappa shape index (κ1) is 21.1. The highest BCUT2D eigenvalue weighted by Gasteiger charge is 2.39. The second-order valence-corrected chi connectivity index (χ2v) is 6.24. The highest BCUT2D eigenvalue weighted by molar-refractivity contribution is 6.30. The van der Waals surface area contributed by atoms with Gasteiger partial charge >= 0.3 is 12.1 Å². The third-order valence-electron chi connectivity index (χ3n) is 3.86. The summed E-state index contributed by atoms with van der Waals surface area (Å²) in [5.41, 5.74) is 1.10. The fraction of sp³-hybridized carbons (Fsp3) is 0.316. The van der Waals surface area contributed by atoms with E-state index in [0.29, 0.717) is 16.9 Å². The molecule has 2 aromatic rings. The molecule has 0 aliphatic rings. The molecule has 2 rings (SSSR count). The van der Waals surface area contributed by atoms with Crippen LogP contribution in [0.5, 0.6) is 5.75 Å². The van der Waals surface area contributed by atoms with Crippen molar-refractivity contribution in [2.45, 2.75) is 25.2 Å². The van der Waals surface area contributed by atoms with Gasteiger partial charge in [-0.15, -0.1) is 0 Å². The van der Waals surface area contributed by atoms with E-state index in [1.807, 2.05) is 0 Å². The monoisotopic (exact) mass is 401 g/mol. The maximum absolute atomic E-state index is 13.1. The molecule has 0 aliphatic carbocycles. The maximum Gasteiger partial charge on any atom is 0.407 e. The molecule has 4 nitrogen and oxygen atoms in total. The summed E-state index contributed by atoms with van der Waals surface area (Å²) in [6.07, 6.45) is -4.42. The Balaban J connectivity index is 2.21. The summed E-state index contributed by atoms with van der Waals surface area (Å²) in [6.45, 7) is 0.0000371. The van der Waals surface area contributed by atoms with E-state index < -0.39 is 18.2 Å². The van der Waals surface area contributed by atoms with Gasteiger partial charge in [0.15, 0.2) is 0 Å². The minimum atomic E-state index is -4.45. The molecule has 0 bridgehead atoms. The Morgan fingerprint density at radius 3 is 2.56 bits per heavy atom. The molecule has 0 amide bonds. The zero-order valence-corrected chi connectivity index (χ0v) is 15.5. The lowest BCUT2D eigenvalue weighted by Crippen LogP contribution is -2.31. The molecule has 0 radical (unpaired) electrons. The lowest BCUT2D eigenvalue weighted by Gasteiger charge is -2.21. The lowest BCUT2D eigenvalue weighted by molar-refractivity contribution is -0.156. The normalized spacial score (nSPS) is 12.5. The fourth-order valence-corrected chi connectivity index (χ4v) is 2.89. The average molecular weight is 402 g/mol. The van der Waals surface area contributed by atoms with Crippen LogP contribution in [0.2, 0.25) is 5.02 Å². The number of carbonyl (C=O) groups is 1. The van der Waals surface area contributed by atoms with Crippen LogP contribution in [-0.4, -0.2) is 26.3 Å². The Morgan fingerprint density at radius 2 is 1.93 bits per heavy atom. The van der Waals surface area contributed by atoms with E-state index >= 15 is 0 Å². The van der Waals surface area contributed by atoms with Crippen molar-refractivity contribution < 1.29 is 27.4 Å². The van der Waals surface area contributed by atoms with Crippen molar-refractivity contribution in [3.05, 3.63) is 64.2 Å². The number of halogens is 4. The van der Waals surface area contributed by atoms with Crippen LogP contribution in [0.25, 0.3) is 0 Å². The van der Waals surface area contributed by atoms with Crippen molar-refractivity contribution in [1.82, 2.24) is 5.32 Å². The lowest BCUT2D eigenvalue weighted by atomic mass is 10.0. The van der Waals surface area contributed by atoms with Crippen LogP contribution in [0, 0.1) is 0 Å². The summed E-state index contributed by atoms with van der Waals surface area (Å²) in [7, 11) is 2.52. The fourth-order valence-electron chi connectivity index (χ4n) is 2.62. The van der Waals surface area contributed by atoms with E-state index in [2.05, 4.69) is 10.1 Å². The number of benzene rings is 2. The SMILES string of the molecule is CNC(c1cc(Cl)cc(COc2ccccc2CC(=O)OC)c1)C(F)(F)F. The standard InChI is InChI=1S/C19H19ClF3NO3/c1-24-18(19(21,22)23)14-7-12(8-15(20)9-14)11-27-16-6-4-3-5-13(16)10-17(25)26-2/h3-9,18,24H,10-11H2,1-2H3. The van der Waals surface area contributed by atoms with Crippen molar-refractivity contribution in [1.29, 1.82) is 0 Å². The Hall–Kier alpha value is -2.25. The molecule has 1 atom stereocenters. The van der Waals surface area contributed by atoms with E-state index in [4.69, 9.17) is 16.3 Å². The number of rotatable bonds is 7. The highest BCUT2D eigenvalue weighted by atomic mass is 35.5. The van der Waals surface area contributed by atoms with Gasteiger partial charge in [0.1, 0.15) is 18.4 Å². The molecule has 27 heavy (non-hydrogen) atoms. The summed E-state index contributed by atoms with van der Waals surface area (Å²) < 4.78 is 49.8.